The van der Waals surface area contributed by atoms with Crippen LogP contribution < -0.4 is 10.2 Å². The summed E-state index contributed by atoms with van der Waals surface area (Å²) >= 11 is 1.06. The van der Waals surface area contributed by atoms with Crippen molar-refractivity contribution in [2.24, 2.45) is 0 Å². The minimum Gasteiger partial charge on any atom is -0.456 e. The fraction of sp³-hybridized carbons (Fsp3) is 0.615. The third kappa shape index (κ3) is 5.17. The van der Waals surface area contributed by atoms with Gasteiger partial charge in [0.25, 0.3) is 5.91 Å². The quantitative estimate of drug-likeness (QED) is 0.680. The Morgan fingerprint density at radius 3 is 2.78 bits per heavy atom. The molecule has 0 aromatic carbocycles. The highest BCUT2D eigenvalue weighted by Gasteiger charge is 2.29. The van der Waals surface area contributed by atoms with E-state index in [2.05, 4.69) is 5.32 Å². The zero-order chi connectivity index (χ0) is 17.0. The number of aromatic nitrogens is 1. The van der Waals surface area contributed by atoms with Crippen molar-refractivity contribution in [3.05, 3.63) is 20.7 Å². The average Bonchev–Trinajstić information content (AvgIpc) is 2.97. The Balaban J connectivity index is 1.70. The van der Waals surface area contributed by atoms with Gasteiger partial charge in [-0.25, -0.2) is 8.42 Å². The van der Waals surface area contributed by atoms with E-state index in [9.17, 15) is 22.8 Å². The molecule has 0 spiro atoms. The van der Waals surface area contributed by atoms with E-state index < -0.39 is 34.4 Å². The maximum atomic E-state index is 11.6. The minimum atomic E-state index is -3.07. The number of esters is 1. The Bertz CT molecular complexity index is 749. The van der Waals surface area contributed by atoms with Gasteiger partial charge in [-0.1, -0.05) is 11.3 Å². The summed E-state index contributed by atoms with van der Waals surface area (Å²) in [6.07, 6.45) is 0.366. The van der Waals surface area contributed by atoms with Gasteiger partial charge in [-0.3, -0.25) is 14.4 Å². The minimum absolute atomic E-state index is 0.0113. The van der Waals surface area contributed by atoms with E-state index in [1.807, 2.05) is 0 Å². The number of rotatable bonds is 6. The molecule has 1 aromatic rings. The second-order valence-corrected chi connectivity index (χ2v) is 8.42. The van der Waals surface area contributed by atoms with E-state index in [-0.39, 0.29) is 29.3 Å². The van der Waals surface area contributed by atoms with Crippen molar-refractivity contribution in [2.75, 3.05) is 18.1 Å². The number of aryl methyl sites for hydroxylation is 1. The number of amides is 1. The number of ether oxygens (including phenoxy) is 1. The lowest BCUT2D eigenvalue weighted by molar-refractivity contribution is -0.148. The molecule has 0 bridgehead atoms. The summed E-state index contributed by atoms with van der Waals surface area (Å²) in [6.45, 7) is 1.52. The molecule has 1 unspecified atom stereocenters. The second-order valence-electron chi connectivity index (χ2n) is 5.37. The summed E-state index contributed by atoms with van der Waals surface area (Å²) in [5.41, 5.74) is 0.771. The fourth-order valence-corrected chi connectivity index (χ4v) is 4.71. The average molecular weight is 362 g/mol. The molecule has 1 atom stereocenters. The van der Waals surface area contributed by atoms with Crippen LogP contribution in [0.2, 0.25) is 0 Å². The van der Waals surface area contributed by atoms with Crippen molar-refractivity contribution in [2.45, 2.75) is 32.4 Å². The van der Waals surface area contributed by atoms with Crippen molar-refractivity contribution >= 4 is 33.1 Å². The summed E-state index contributed by atoms with van der Waals surface area (Å²) in [5.74, 6) is -1.12. The zero-order valence-corrected chi connectivity index (χ0v) is 14.2. The Labute approximate surface area is 137 Å². The van der Waals surface area contributed by atoms with Gasteiger partial charge in [0.15, 0.2) is 16.4 Å². The van der Waals surface area contributed by atoms with Crippen molar-refractivity contribution in [1.82, 2.24) is 9.88 Å². The van der Waals surface area contributed by atoms with Gasteiger partial charge in [0.2, 0.25) is 0 Å². The van der Waals surface area contributed by atoms with Crippen LogP contribution in [-0.4, -0.2) is 49.0 Å². The highest BCUT2D eigenvalue weighted by molar-refractivity contribution is 7.91. The Morgan fingerprint density at radius 1 is 1.48 bits per heavy atom. The predicted molar refractivity (Wildman–Crippen MR) is 84.1 cm³/mol. The summed E-state index contributed by atoms with van der Waals surface area (Å²) in [7, 11) is -3.07. The second kappa shape index (κ2) is 7.26. The van der Waals surface area contributed by atoms with Gasteiger partial charge in [0.1, 0.15) is 0 Å². The lowest BCUT2D eigenvalue weighted by Gasteiger charge is -2.11. The van der Waals surface area contributed by atoms with Crippen LogP contribution in [0, 0.1) is 6.92 Å². The Morgan fingerprint density at radius 2 is 2.22 bits per heavy atom. The highest BCUT2D eigenvalue weighted by atomic mass is 32.2. The molecule has 8 nitrogen and oxygen atoms in total. The zero-order valence-electron chi connectivity index (χ0n) is 12.6. The molecular formula is C13H18N2O6S2. The number of sulfone groups is 1. The van der Waals surface area contributed by atoms with Gasteiger partial charge in [-0.05, 0) is 13.3 Å². The lowest BCUT2D eigenvalue weighted by Crippen LogP contribution is -2.38. The van der Waals surface area contributed by atoms with E-state index in [1.54, 1.807) is 12.3 Å². The van der Waals surface area contributed by atoms with Crippen LogP contribution in [-0.2, 0) is 30.7 Å². The van der Waals surface area contributed by atoms with Crippen LogP contribution in [0.3, 0.4) is 0 Å². The molecule has 0 aliphatic carbocycles. The molecule has 1 N–H and O–H groups in total. The van der Waals surface area contributed by atoms with Crippen molar-refractivity contribution < 1.29 is 22.7 Å². The molecule has 1 aromatic heterocycles. The van der Waals surface area contributed by atoms with Gasteiger partial charge < -0.3 is 14.6 Å². The number of carbonyl (C=O) groups is 2. The van der Waals surface area contributed by atoms with Crippen molar-refractivity contribution in [1.29, 1.82) is 0 Å². The highest BCUT2D eigenvalue weighted by Crippen LogP contribution is 2.11. The molecule has 0 saturated carbocycles. The number of hydrogen-bond acceptors (Lipinski definition) is 7. The third-order valence-electron chi connectivity index (χ3n) is 3.48. The standard InChI is InChI=1S/C13H18N2O6S2/c1-9-7-22-13(18)15(9)4-2-12(17)21-6-11(16)14-10-3-5-23(19,20)8-10/h7,10H,2-6,8H2,1H3,(H,14,16). The number of nitrogens with zero attached hydrogens (tertiary/aromatic N) is 1. The van der Waals surface area contributed by atoms with Crippen LogP contribution in [0.4, 0.5) is 0 Å². The van der Waals surface area contributed by atoms with Crippen molar-refractivity contribution in [3.8, 4) is 0 Å². The Hall–Kier alpha value is -1.68. The van der Waals surface area contributed by atoms with Crippen LogP contribution in [0.15, 0.2) is 10.2 Å². The molecule has 2 heterocycles. The van der Waals surface area contributed by atoms with Gasteiger partial charge >= 0.3 is 10.8 Å². The molecule has 1 aliphatic rings. The molecule has 1 amide bonds. The molecule has 0 radical (unpaired) electrons. The predicted octanol–water partition coefficient (Wildman–Crippen LogP) is -0.545. The van der Waals surface area contributed by atoms with E-state index >= 15 is 0 Å². The summed E-state index contributed by atoms with van der Waals surface area (Å²) < 4.78 is 28.9. The first-order chi connectivity index (χ1) is 10.8. The number of nitrogens with one attached hydrogen (secondary N) is 1. The maximum absolute atomic E-state index is 11.6. The molecule has 1 saturated heterocycles. The summed E-state index contributed by atoms with van der Waals surface area (Å²) in [6, 6.07) is -0.418. The Kier molecular flexibility index (Phi) is 5.58. The van der Waals surface area contributed by atoms with Crippen molar-refractivity contribution in [3.63, 3.8) is 0 Å². The van der Waals surface area contributed by atoms with Crippen LogP contribution in [0.25, 0.3) is 0 Å². The molecule has 128 valence electrons. The first-order valence-corrected chi connectivity index (χ1v) is 9.77. The van der Waals surface area contributed by atoms with Crippen LogP contribution in [0.1, 0.15) is 18.5 Å². The van der Waals surface area contributed by atoms with Gasteiger partial charge in [0, 0.05) is 23.7 Å². The summed E-state index contributed by atoms with van der Waals surface area (Å²) in [5, 5.41) is 4.23. The monoisotopic (exact) mass is 362 g/mol. The first-order valence-electron chi connectivity index (χ1n) is 7.07. The molecule has 23 heavy (non-hydrogen) atoms. The SMILES string of the molecule is Cc1csc(=O)n1CCC(=O)OCC(=O)NC1CCS(=O)(=O)C1. The maximum Gasteiger partial charge on any atom is 0.308 e. The first kappa shape index (κ1) is 17.7. The summed E-state index contributed by atoms with van der Waals surface area (Å²) in [4.78, 5) is 34.6. The van der Waals surface area contributed by atoms with E-state index in [0.717, 1.165) is 17.0 Å². The van der Waals surface area contributed by atoms with Crippen LogP contribution in [0.5, 0.6) is 0 Å². The molecule has 10 heteroatoms. The molecule has 1 fully saturated rings. The van der Waals surface area contributed by atoms with E-state index in [4.69, 9.17) is 4.74 Å². The van der Waals surface area contributed by atoms with E-state index in [0.29, 0.717) is 6.42 Å². The molecular weight excluding hydrogens is 344 g/mol. The number of carbonyl (C=O) groups excluding carboxylic acids is 2. The van der Waals surface area contributed by atoms with Gasteiger partial charge in [0.05, 0.1) is 17.9 Å². The smallest absolute Gasteiger partial charge is 0.308 e. The lowest BCUT2D eigenvalue weighted by atomic mass is 10.2. The van der Waals surface area contributed by atoms with E-state index in [1.165, 1.54) is 4.57 Å². The number of hydrogen-bond donors (Lipinski definition) is 1. The third-order valence-corrected chi connectivity index (χ3v) is 6.13. The van der Waals surface area contributed by atoms with Gasteiger partial charge in [-0.2, -0.15) is 0 Å². The van der Waals surface area contributed by atoms with Gasteiger partial charge in [-0.15, -0.1) is 0 Å². The molecule has 2 rings (SSSR count). The molecule has 1 aliphatic heterocycles. The topological polar surface area (TPSA) is 112 Å². The normalized spacial score (nSPS) is 19.4. The fourth-order valence-electron chi connectivity index (χ4n) is 2.27. The number of thiazole rings is 1. The van der Waals surface area contributed by atoms with Crippen LogP contribution >= 0.6 is 11.3 Å². The largest absolute Gasteiger partial charge is 0.456 e.